The molecule has 7 nitrogen and oxygen atoms in total. The Morgan fingerprint density at radius 3 is 2.70 bits per heavy atom. The first kappa shape index (κ1) is 16.3. The summed E-state index contributed by atoms with van der Waals surface area (Å²) in [6, 6.07) is -0.180. The molecule has 0 unspecified atom stereocenters. The zero-order chi connectivity index (χ0) is 15.1. The molecule has 0 radical (unpaired) electrons. The minimum absolute atomic E-state index is 0.180. The number of rotatable bonds is 5. The van der Waals surface area contributed by atoms with Gasteiger partial charge in [0.1, 0.15) is 0 Å². The Labute approximate surface area is 118 Å². The number of carboxylic acid groups (broad SMARTS) is 1. The molecule has 7 heteroatoms. The summed E-state index contributed by atoms with van der Waals surface area (Å²) in [4.78, 5) is 37.2. The van der Waals surface area contributed by atoms with Crippen LogP contribution in [0.2, 0.25) is 0 Å². The number of likely N-dealkylation sites (tertiary alicyclic amines) is 1. The van der Waals surface area contributed by atoms with Crippen molar-refractivity contribution in [2.24, 2.45) is 5.92 Å². The van der Waals surface area contributed by atoms with Crippen LogP contribution in [-0.2, 0) is 14.3 Å². The molecule has 1 aliphatic rings. The second-order valence-corrected chi connectivity index (χ2v) is 5.01. The predicted octanol–water partition coefficient (Wildman–Crippen LogP) is 0.788. The summed E-state index contributed by atoms with van der Waals surface area (Å²) in [5, 5.41) is 9.00. The van der Waals surface area contributed by atoms with Crippen LogP contribution >= 0.6 is 0 Å². The van der Waals surface area contributed by atoms with Gasteiger partial charge >= 0.3 is 18.0 Å². The molecule has 0 saturated carbocycles. The van der Waals surface area contributed by atoms with E-state index in [1.807, 2.05) is 0 Å². The summed E-state index contributed by atoms with van der Waals surface area (Å²) in [7, 11) is 2.99. The first-order valence-electron chi connectivity index (χ1n) is 6.75. The van der Waals surface area contributed by atoms with Crippen molar-refractivity contribution < 1.29 is 24.2 Å². The molecule has 20 heavy (non-hydrogen) atoms. The van der Waals surface area contributed by atoms with E-state index in [0.29, 0.717) is 32.4 Å². The summed E-state index contributed by atoms with van der Waals surface area (Å²) >= 11 is 0. The second-order valence-electron chi connectivity index (χ2n) is 5.01. The number of amides is 2. The van der Waals surface area contributed by atoms with Gasteiger partial charge in [-0.05, 0) is 19.3 Å². The van der Waals surface area contributed by atoms with E-state index in [1.165, 1.54) is 12.0 Å². The molecule has 1 atom stereocenters. The molecule has 0 bridgehead atoms. The molecule has 0 spiro atoms. The molecular formula is C13H22N2O5. The maximum Gasteiger partial charge on any atom is 0.319 e. The molecule has 0 aliphatic carbocycles. The van der Waals surface area contributed by atoms with Crippen molar-refractivity contribution in [3.05, 3.63) is 0 Å². The van der Waals surface area contributed by atoms with Gasteiger partial charge in [-0.3, -0.25) is 9.59 Å². The molecule has 114 valence electrons. The van der Waals surface area contributed by atoms with Crippen LogP contribution < -0.4 is 0 Å². The molecule has 1 saturated heterocycles. The molecule has 1 aliphatic heterocycles. The molecule has 1 heterocycles. The van der Waals surface area contributed by atoms with Crippen molar-refractivity contribution in [1.82, 2.24) is 9.80 Å². The first-order chi connectivity index (χ1) is 9.45. The van der Waals surface area contributed by atoms with Crippen LogP contribution in [0.25, 0.3) is 0 Å². The third-order valence-electron chi connectivity index (χ3n) is 3.47. The van der Waals surface area contributed by atoms with Crippen molar-refractivity contribution in [2.75, 3.05) is 33.8 Å². The Morgan fingerprint density at radius 2 is 2.10 bits per heavy atom. The van der Waals surface area contributed by atoms with Crippen LogP contribution in [0.4, 0.5) is 4.79 Å². The summed E-state index contributed by atoms with van der Waals surface area (Å²) in [6.45, 7) is 1.29. The highest BCUT2D eigenvalue weighted by Gasteiger charge is 2.29. The zero-order valence-electron chi connectivity index (χ0n) is 12.0. The smallest absolute Gasteiger partial charge is 0.319 e. The van der Waals surface area contributed by atoms with Crippen molar-refractivity contribution >= 4 is 18.0 Å². The quantitative estimate of drug-likeness (QED) is 0.755. The van der Waals surface area contributed by atoms with E-state index < -0.39 is 11.9 Å². The largest absolute Gasteiger partial charge is 0.481 e. The Kier molecular flexibility index (Phi) is 6.27. The van der Waals surface area contributed by atoms with Gasteiger partial charge in [0.2, 0.25) is 0 Å². The molecule has 2 amide bonds. The minimum Gasteiger partial charge on any atom is -0.481 e. The third kappa shape index (κ3) is 4.71. The average molecular weight is 286 g/mol. The van der Waals surface area contributed by atoms with Crippen molar-refractivity contribution in [3.8, 4) is 0 Å². The van der Waals surface area contributed by atoms with Crippen molar-refractivity contribution in [3.63, 3.8) is 0 Å². The number of hydrogen-bond donors (Lipinski definition) is 1. The highest BCUT2D eigenvalue weighted by molar-refractivity contribution is 5.76. The van der Waals surface area contributed by atoms with E-state index in [4.69, 9.17) is 5.11 Å². The van der Waals surface area contributed by atoms with Crippen LogP contribution in [0.1, 0.15) is 25.7 Å². The Bertz CT molecular complexity index is 372. The Hall–Kier alpha value is -1.79. The van der Waals surface area contributed by atoms with E-state index in [-0.39, 0.29) is 25.0 Å². The maximum atomic E-state index is 12.2. The van der Waals surface area contributed by atoms with Gasteiger partial charge in [-0.25, -0.2) is 4.79 Å². The number of ether oxygens (including phenoxy) is 1. The monoisotopic (exact) mass is 286 g/mol. The normalized spacial score (nSPS) is 18.5. The van der Waals surface area contributed by atoms with Gasteiger partial charge in [-0.1, -0.05) is 0 Å². The topological polar surface area (TPSA) is 87.2 Å². The number of methoxy groups -OCH3 is 1. The van der Waals surface area contributed by atoms with Crippen LogP contribution in [0.15, 0.2) is 0 Å². The predicted molar refractivity (Wildman–Crippen MR) is 71.2 cm³/mol. The highest BCUT2D eigenvalue weighted by Crippen LogP contribution is 2.17. The standard InChI is InChI=1S/C13H22N2O5/c1-14(7-4-6-11(16)20-2)13(19)15-8-3-5-10(9-15)12(17)18/h10H,3-9H2,1-2H3,(H,17,18)/t10-/m1/s1. The van der Waals surface area contributed by atoms with Crippen molar-refractivity contribution in [2.45, 2.75) is 25.7 Å². The number of carbonyl (C=O) groups excluding carboxylic acids is 2. The van der Waals surface area contributed by atoms with E-state index in [0.717, 1.165) is 0 Å². The van der Waals surface area contributed by atoms with Gasteiger partial charge in [0.25, 0.3) is 0 Å². The van der Waals surface area contributed by atoms with E-state index >= 15 is 0 Å². The fourth-order valence-electron chi connectivity index (χ4n) is 2.25. The number of urea groups is 1. The minimum atomic E-state index is -0.851. The lowest BCUT2D eigenvalue weighted by atomic mass is 9.99. The molecule has 0 aromatic heterocycles. The van der Waals surface area contributed by atoms with Gasteiger partial charge in [0, 0.05) is 33.1 Å². The fraction of sp³-hybridized carbons (Fsp3) is 0.769. The average Bonchev–Trinajstić information content (AvgIpc) is 2.46. The third-order valence-corrected chi connectivity index (χ3v) is 3.47. The number of carbonyl (C=O) groups is 3. The lowest BCUT2D eigenvalue weighted by molar-refractivity contribution is -0.143. The number of piperidine rings is 1. The van der Waals surface area contributed by atoms with Gasteiger partial charge in [-0.2, -0.15) is 0 Å². The summed E-state index contributed by atoms with van der Waals surface area (Å²) in [5.41, 5.74) is 0. The zero-order valence-corrected chi connectivity index (χ0v) is 12.0. The summed E-state index contributed by atoms with van der Waals surface area (Å²) in [6.07, 6.45) is 2.13. The lowest BCUT2D eigenvalue weighted by Gasteiger charge is -2.33. The summed E-state index contributed by atoms with van der Waals surface area (Å²) in [5.74, 6) is -1.62. The number of carboxylic acids is 1. The van der Waals surface area contributed by atoms with Crippen LogP contribution in [0.5, 0.6) is 0 Å². The van der Waals surface area contributed by atoms with E-state index in [9.17, 15) is 14.4 Å². The SMILES string of the molecule is COC(=O)CCCN(C)C(=O)N1CCC[C@@H](C(=O)O)C1. The van der Waals surface area contributed by atoms with Crippen LogP contribution in [0, 0.1) is 5.92 Å². The van der Waals surface area contributed by atoms with Gasteiger partial charge in [0.15, 0.2) is 0 Å². The van der Waals surface area contributed by atoms with Gasteiger partial charge in [-0.15, -0.1) is 0 Å². The lowest BCUT2D eigenvalue weighted by Crippen LogP contribution is -2.47. The number of aliphatic carboxylic acids is 1. The van der Waals surface area contributed by atoms with E-state index in [2.05, 4.69) is 4.74 Å². The van der Waals surface area contributed by atoms with Crippen LogP contribution in [0.3, 0.4) is 0 Å². The molecular weight excluding hydrogens is 264 g/mol. The molecule has 1 fully saturated rings. The number of hydrogen-bond acceptors (Lipinski definition) is 4. The Balaban J connectivity index is 2.39. The first-order valence-corrected chi connectivity index (χ1v) is 6.75. The Morgan fingerprint density at radius 1 is 1.40 bits per heavy atom. The second kappa shape index (κ2) is 7.72. The van der Waals surface area contributed by atoms with Gasteiger partial charge < -0.3 is 19.6 Å². The highest BCUT2D eigenvalue weighted by atomic mass is 16.5. The number of nitrogens with zero attached hydrogens (tertiary/aromatic N) is 2. The number of esters is 1. The van der Waals surface area contributed by atoms with Crippen LogP contribution in [-0.4, -0.2) is 66.7 Å². The van der Waals surface area contributed by atoms with Gasteiger partial charge in [0.05, 0.1) is 13.0 Å². The maximum absolute atomic E-state index is 12.2. The van der Waals surface area contributed by atoms with E-state index in [1.54, 1.807) is 11.9 Å². The molecule has 0 aromatic rings. The summed E-state index contributed by atoms with van der Waals surface area (Å²) < 4.78 is 4.53. The molecule has 1 rings (SSSR count). The van der Waals surface area contributed by atoms with Crippen molar-refractivity contribution in [1.29, 1.82) is 0 Å². The molecule has 0 aromatic carbocycles. The molecule has 1 N–H and O–H groups in total. The fourth-order valence-corrected chi connectivity index (χ4v) is 2.25.